The highest BCUT2D eigenvalue weighted by atomic mass is 79.9. The van der Waals surface area contributed by atoms with Crippen molar-refractivity contribution < 1.29 is 14.0 Å². The molecule has 2 N–H and O–H groups in total. The Hall–Kier alpha value is -1.14. The highest BCUT2D eigenvalue weighted by Crippen LogP contribution is 2.15. The zero-order chi connectivity index (χ0) is 12.3. The molecule has 1 aliphatic rings. The summed E-state index contributed by atoms with van der Waals surface area (Å²) >= 11 is 3.10. The van der Waals surface area contributed by atoms with E-state index in [1.807, 2.05) is 0 Å². The SMILES string of the molecule is O=C(NC(=O)C1CCNCC1)c1ccc(Br)o1. The van der Waals surface area contributed by atoms with Gasteiger partial charge < -0.3 is 9.73 Å². The average molecular weight is 301 g/mol. The summed E-state index contributed by atoms with van der Waals surface area (Å²) in [4.78, 5) is 23.4. The molecule has 0 saturated carbocycles. The molecule has 17 heavy (non-hydrogen) atoms. The molecule has 0 aromatic carbocycles. The van der Waals surface area contributed by atoms with E-state index >= 15 is 0 Å². The highest BCUT2D eigenvalue weighted by molar-refractivity contribution is 9.10. The summed E-state index contributed by atoms with van der Waals surface area (Å²) in [5, 5.41) is 5.53. The van der Waals surface area contributed by atoms with Crippen LogP contribution in [0.1, 0.15) is 23.4 Å². The van der Waals surface area contributed by atoms with E-state index in [1.54, 1.807) is 6.07 Å². The van der Waals surface area contributed by atoms with Crippen molar-refractivity contribution in [3.05, 3.63) is 22.6 Å². The van der Waals surface area contributed by atoms with Gasteiger partial charge in [-0.05, 0) is 54.0 Å². The number of piperidine rings is 1. The molecule has 1 saturated heterocycles. The summed E-state index contributed by atoms with van der Waals surface area (Å²) in [5.41, 5.74) is 0. The Kier molecular flexibility index (Phi) is 3.96. The first kappa shape index (κ1) is 12.3. The number of rotatable bonds is 2. The van der Waals surface area contributed by atoms with E-state index in [2.05, 4.69) is 26.6 Å². The Morgan fingerprint density at radius 1 is 1.35 bits per heavy atom. The van der Waals surface area contributed by atoms with Crippen LogP contribution < -0.4 is 10.6 Å². The van der Waals surface area contributed by atoms with Crippen LogP contribution >= 0.6 is 15.9 Å². The van der Waals surface area contributed by atoms with E-state index in [4.69, 9.17) is 4.42 Å². The summed E-state index contributed by atoms with van der Waals surface area (Å²) in [6, 6.07) is 3.14. The Balaban J connectivity index is 1.91. The van der Waals surface area contributed by atoms with Crippen LogP contribution in [0, 0.1) is 5.92 Å². The summed E-state index contributed by atoms with van der Waals surface area (Å²) in [5.74, 6) is -0.652. The fourth-order valence-corrected chi connectivity index (χ4v) is 2.10. The molecule has 2 amide bonds. The summed E-state index contributed by atoms with van der Waals surface area (Å²) in [6.07, 6.45) is 1.53. The lowest BCUT2D eigenvalue weighted by Crippen LogP contribution is -2.40. The summed E-state index contributed by atoms with van der Waals surface area (Å²) in [7, 11) is 0. The van der Waals surface area contributed by atoms with Crippen molar-refractivity contribution in [2.24, 2.45) is 5.92 Å². The van der Waals surface area contributed by atoms with Crippen molar-refractivity contribution >= 4 is 27.7 Å². The monoisotopic (exact) mass is 300 g/mol. The van der Waals surface area contributed by atoms with Crippen molar-refractivity contribution in [1.29, 1.82) is 0 Å². The van der Waals surface area contributed by atoms with E-state index in [1.165, 1.54) is 6.07 Å². The second-order valence-corrected chi connectivity index (χ2v) is 4.73. The quantitative estimate of drug-likeness (QED) is 0.808. The molecule has 6 heteroatoms. The van der Waals surface area contributed by atoms with Gasteiger partial charge in [-0.15, -0.1) is 0 Å². The minimum atomic E-state index is -0.487. The molecule has 92 valence electrons. The van der Waals surface area contributed by atoms with Crippen molar-refractivity contribution in [3.8, 4) is 0 Å². The van der Waals surface area contributed by atoms with E-state index in [9.17, 15) is 9.59 Å². The zero-order valence-electron chi connectivity index (χ0n) is 9.16. The fourth-order valence-electron chi connectivity index (χ4n) is 1.80. The lowest BCUT2D eigenvalue weighted by atomic mass is 9.97. The molecule has 0 bridgehead atoms. The van der Waals surface area contributed by atoms with Crippen LogP contribution in [0.5, 0.6) is 0 Å². The number of carbonyl (C=O) groups is 2. The largest absolute Gasteiger partial charge is 0.444 e. The van der Waals surface area contributed by atoms with Gasteiger partial charge in [0.15, 0.2) is 10.4 Å². The second-order valence-electron chi connectivity index (χ2n) is 3.95. The minimum absolute atomic E-state index is 0.0846. The number of furan rings is 1. The molecular weight excluding hydrogens is 288 g/mol. The van der Waals surface area contributed by atoms with E-state index in [-0.39, 0.29) is 17.6 Å². The molecule has 2 rings (SSSR count). The van der Waals surface area contributed by atoms with E-state index in [0.29, 0.717) is 4.67 Å². The minimum Gasteiger partial charge on any atom is -0.444 e. The topological polar surface area (TPSA) is 71.3 Å². The van der Waals surface area contributed by atoms with Crippen LogP contribution in [0.3, 0.4) is 0 Å². The first-order valence-corrected chi connectivity index (χ1v) is 6.27. The van der Waals surface area contributed by atoms with Gasteiger partial charge in [0.25, 0.3) is 5.91 Å². The van der Waals surface area contributed by atoms with Gasteiger partial charge in [-0.1, -0.05) is 0 Å². The van der Waals surface area contributed by atoms with Gasteiger partial charge >= 0.3 is 0 Å². The molecule has 1 aromatic heterocycles. The van der Waals surface area contributed by atoms with Crippen molar-refractivity contribution in [1.82, 2.24) is 10.6 Å². The van der Waals surface area contributed by atoms with Crippen LogP contribution in [0.2, 0.25) is 0 Å². The number of hydrogen-bond donors (Lipinski definition) is 2. The number of amides is 2. The molecule has 0 aliphatic carbocycles. The standard InChI is InChI=1S/C11H13BrN2O3/c12-9-2-1-8(17-9)11(16)14-10(15)7-3-5-13-6-4-7/h1-2,7,13H,3-6H2,(H,14,15,16). The van der Waals surface area contributed by atoms with Crippen molar-refractivity contribution in [3.63, 3.8) is 0 Å². The number of imide groups is 1. The maximum absolute atomic E-state index is 11.8. The van der Waals surface area contributed by atoms with Gasteiger partial charge in [0.2, 0.25) is 5.91 Å². The second kappa shape index (κ2) is 5.46. The average Bonchev–Trinajstić information content (AvgIpc) is 2.77. The molecule has 5 nitrogen and oxygen atoms in total. The third-order valence-corrected chi connectivity index (χ3v) is 3.17. The maximum atomic E-state index is 11.8. The van der Waals surface area contributed by atoms with Gasteiger partial charge in [0.05, 0.1) is 0 Å². The molecule has 1 aromatic rings. The summed E-state index contributed by atoms with van der Waals surface area (Å²) in [6.45, 7) is 1.64. The first-order valence-electron chi connectivity index (χ1n) is 5.48. The molecular formula is C11H13BrN2O3. The molecule has 2 heterocycles. The van der Waals surface area contributed by atoms with Gasteiger partial charge in [-0.25, -0.2) is 0 Å². The predicted octanol–water partition coefficient (Wildman–Crippen LogP) is 1.30. The number of nitrogens with one attached hydrogen (secondary N) is 2. The van der Waals surface area contributed by atoms with Gasteiger partial charge in [-0.2, -0.15) is 0 Å². The van der Waals surface area contributed by atoms with Gasteiger partial charge in [0, 0.05) is 5.92 Å². The summed E-state index contributed by atoms with van der Waals surface area (Å²) < 4.78 is 5.54. The predicted molar refractivity (Wildman–Crippen MR) is 64.5 cm³/mol. The van der Waals surface area contributed by atoms with Crippen LogP contribution in [0.15, 0.2) is 21.2 Å². The molecule has 0 radical (unpaired) electrons. The smallest absolute Gasteiger partial charge is 0.293 e. The van der Waals surface area contributed by atoms with Gasteiger partial charge in [-0.3, -0.25) is 14.9 Å². The Morgan fingerprint density at radius 2 is 2.06 bits per heavy atom. The number of carbonyl (C=O) groups excluding carboxylic acids is 2. The Labute approximate surface area is 107 Å². The van der Waals surface area contributed by atoms with E-state index in [0.717, 1.165) is 25.9 Å². The lowest BCUT2D eigenvalue weighted by Gasteiger charge is -2.20. The lowest BCUT2D eigenvalue weighted by molar-refractivity contribution is -0.124. The molecule has 0 spiro atoms. The molecule has 1 aliphatic heterocycles. The molecule has 0 unspecified atom stereocenters. The third-order valence-electron chi connectivity index (χ3n) is 2.74. The Morgan fingerprint density at radius 3 is 2.65 bits per heavy atom. The third kappa shape index (κ3) is 3.17. The fraction of sp³-hybridized carbons (Fsp3) is 0.455. The number of hydrogen-bond acceptors (Lipinski definition) is 4. The highest BCUT2D eigenvalue weighted by Gasteiger charge is 2.23. The van der Waals surface area contributed by atoms with Crippen molar-refractivity contribution in [2.75, 3.05) is 13.1 Å². The van der Waals surface area contributed by atoms with Crippen molar-refractivity contribution in [2.45, 2.75) is 12.8 Å². The van der Waals surface area contributed by atoms with E-state index < -0.39 is 5.91 Å². The first-order chi connectivity index (χ1) is 8.16. The molecule has 1 fully saturated rings. The van der Waals surface area contributed by atoms with Gasteiger partial charge in [0.1, 0.15) is 0 Å². The van der Waals surface area contributed by atoms with Crippen LogP contribution in [-0.4, -0.2) is 24.9 Å². The van der Waals surface area contributed by atoms with Crippen LogP contribution in [-0.2, 0) is 4.79 Å². The Bertz CT molecular complexity index is 424. The normalized spacial score (nSPS) is 16.8. The van der Waals surface area contributed by atoms with Crippen LogP contribution in [0.25, 0.3) is 0 Å². The zero-order valence-corrected chi connectivity index (χ0v) is 10.7. The van der Waals surface area contributed by atoms with Crippen LogP contribution in [0.4, 0.5) is 0 Å². The maximum Gasteiger partial charge on any atom is 0.293 e. The molecule has 0 atom stereocenters. The number of halogens is 1.